The Morgan fingerprint density at radius 2 is 1.77 bits per heavy atom. The van der Waals surface area contributed by atoms with Crippen molar-refractivity contribution in [3.05, 3.63) is 0 Å². The molecule has 0 atom stereocenters. The molecule has 2 fully saturated rings. The third-order valence-electron chi connectivity index (χ3n) is 4.11. The van der Waals surface area contributed by atoms with Crippen molar-refractivity contribution in [3.63, 3.8) is 0 Å². The lowest BCUT2D eigenvalue weighted by Gasteiger charge is -2.56. The fraction of sp³-hybridized carbons (Fsp3) is 0.867. The van der Waals surface area contributed by atoms with E-state index >= 15 is 0 Å². The molecule has 2 rings (SSSR count). The summed E-state index contributed by atoms with van der Waals surface area (Å²) in [7, 11) is 1.40. The number of nitrogens with one attached hydrogen (secondary N) is 1. The minimum atomic E-state index is -0.507. The molecular formula is C15H27N3O4. The van der Waals surface area contributed by atoms with Crippen molar-refractivity contribution in [1.29, 1.82) is 0 Å². The summed E-state index contributed by atoms with van der Waals surface area (Å²) in [6, 6.07) is 0. The van der Waals surface area contributed by atoms with Crippen LogP contribution in [0.4, 0.5) is 4.79 Å². The van der Waals surface area contributed by atoms with Crippen molar-refractivity contribution in [3.8, 4) is 0 Å². The normalized spacial score (nSPS) is 21.9. The average molecular weight is 313 g/mol. The Morgan fingerprint density at radius 3 is 2.27 bits per heavy atom. The molecule has 2 aliphatic heterocycles. The number of methoxy groups -OCH3 is 1. The van der Waals surface area contributed by atoms with Gasteiger partial charge >= 0.3 is 12.1 Å². The number of nitrogens with zero attached hydrogens (tertiary/aromatic N) is 2. The van der Waals surface area contributed by atoms with E-state index in [-0.39, 0.29) is 17.6 Å². The molecule has 7 heteroatoms. The van der Waals surface area contributed by atoms with Crippen LogP contribution in [0.15, 0.2) is 0 Å². The van der Waals surface area contributed by atoms with Crippen molar-refractivity contribution in [2.75, 3.05) is 46.4 Å². The Kier molecular flexibility index (Phi) is 4.97. The summed E-state index contributed by atoms with van der Waals surface area (Å²) in [4.78, 5) is 27.8. The van der Waals surface area contributed by atoms with Crippen LogP contribution in [0.5, 0.6) is 0 Å². The van der Waals surface area contributed by atoms with Gasteiger partial charge in [-0.2, -0.15) is 0 Å². The van der Waals surface area contributed by atoms with E-state index < -0.39 is 5.60 Å². The maximum absolute atomic E-state index is 12.1. The van der Waals surface area contributed by atoms with Crippen molar-refractivity contribution in [2.45, 2.75) is 38.3 Å². The van der Waals surface area contributed by atoms with Gasteiger partial charge in [0, 0.05) is 39.3 Å². The van der Waals surface area contributed by atoms with E-state index in [4.69, 9.17) is 9.47 Å². The fourth-order valence-electron chi connectivity index (χ4n) is 3.02. The largest absolute Gasteiger partial charge is 0.469 e. The second kappa shape index (κ2) is 6.42. The number of amides is 1. The Hall–Kier alpha value is -1.34. The highest BCUT2D eigenvalue weighted by Gasteiger charge is 2.51. The van der Waals surface area contributed by atoms with E-state index in [9.17, 15) is 9.59 Å². The molecule has 0 saturated carbocycles. The highest BCUT2D eigenvalue weighted by molar-refractivity contribution is 5.74. The van der Waals surface area contributed by atoms with E-state index in [0.717, 1.165) is 26.2 Å². The van der Waals surface area contributed by atoms with Gasteiger partial charge in [0.15, 0.2) is 0 Å². The van der Waals surface area contributed by atoms with Gasteiger partial charge in [0.25, 0.3) is 0 Å². The minimum absolute atomic E-state index is 0.234. The highest BCUT2D eigenvalue weighted by atomic mass is 16.6. The molecule has 7 nitrogen and oxygen atoms in total. The average Bonchev–Trinajstić information content (AvgIpc) is 2.41. The molecule has 1 N–H and O–H groups in total. The summed E-state index contributed by atoms with van der Waals surface area (Å²) in [6.45, 7) is 10.1. The van der Waals surface area contributed by atoms with Crippen LogP contribution in [0.2, 0.25) is 0 Å². The molecule has 2 saturated heterocycles. The number of hydrogen-bond acceptors (Lipinski definition) is 6. The van der Waals surface area contributed by atoms with Gasteiger partial charge in [-0.15, -0.1) is 0 Å². The Balaban J connectivity index is 2.00. The van der Waals surface area contributed by atoms with Gasteiger partial charge in [-0.1, -0.05) is 0 Å². The summed E-state index contributed by atoms with van der Waals surface area (Å²) in [5.41, 5.74) is -0.821. The van der Waals surface area contributed by atoms with E-state index in [0.29, 0.717) is 19.5 Å². The molecule has 0 bridgehead atoms. The van der Waals surface area contributed by atoms with Gasteiger partial charge in [-0.25, -0.2) is 4.79 Å². The van der Waals surface area contributed by atoms with Crippen molar-refractivity contribution >= 4 is 12.1 Å². The van der Waals surface area contributed by atoms with Gasteiger partial charge in [0.05, 0.1) is 19.1 Å². The first kappa shape index (κ1) is 17.0. The molecule has 0 aliphatic carbocycles. The lowest BCUT2D eigenvalue weighted by molar-refractivity contribution is -0.149. The summed E-state index contributed by atoms with van der Waals surface area (Å²) in [5, 5.41) is 3.30. The molecule has 0 unspecified atom stereocenters. The van der Waals surface area contributed by atoms with Crippen LogP contribution in [-0.2, 0) is 14.3 Å². The number of piperazine rings is 1. The van der Waals surface area contributed by atoms with Gasteiger partial charge in [0.1, 0.15) is 5.60 Å². The summed E-state index contributed by atoms with van der Waals surface area (Å²) in [5.74, 6) is -0.234. The van der Waals surface area contributed by atoms with Crippen molar-refractivity contribution in [1.82, 2.24) is 15.1 Å². The lowest BCUT2D eigenvalue weighted by Crippen LogP contribution is -2.74. The predicted molar refractivity (Wildman–Crippen MR) is 81.6 cm³/mol. The van der Waals surface area contributed by atoms with Crippen LogP contribution in [0.3, 0.4) is 0 Å². The molecule has 22 heavy (non-hydrogen) atoms. The molecule has 0 spiro atoms. The standard InChI is InChI=1S/C15H27N3O4/c1-14(2,3)22-13(20)17-10-15(11-17,9-12(19)21-4)18-7-5-16-6-8-18/h16H,5-11H2,1-4H3. The van der Waals surface area contributed by atoms with Crippen LogP contribution in [0.1, 0.15) is 27.2 Å². The van der Waals surface area contributed by atoms with Crippen molar-refractivity contribution in [2.24, 2.45) is 0 Å². The highest BCUT2D eigenvalue weighted by Crippen LogP contribution is 2.33. The maximum Gasteiger partial charge on any atom is 0.410 e. The van der Waals surface area contributed by atoms with Crippen LogP contribution in [0.25, 0.3) is 0 Å². The molecule has 0 radical (unpaired) electrons. The zero-order valence-electron chi connectivity index (χ0n) is 14.0. The number of carbonyl (C=O) groups excluding carboxylic acids is 2. The Morgan fingerprint density at radius 1 is 1.18 bits per heavy atom. The van der Waals surface area contributed by atoms with Gasteiger partial charge in [-0.05, 0) is 20.8 Å². The second-order valence-corrected chi connectivity index (χ2v) is 7.05. The van der Waals surface area contributed by atoms with Crippen molar-refractivity contribution < 1.29 is 19.1 Å². The van der Waals surface area contributed by atoms with E-state index in [2.05, 4.69) is 10.2 Å². The fourth-order valence-corrected chi connectivity index (χ4v) is 3.02. The smallest absolute Gasteiger partial charge is 0.410 e. The number of carbonyl (C=O) groups is 2. The third-order valence-corrected chi connectivity index (χ3v) is 4.11. The topological polar surface area (TPSA) is 71.1 Å². The number of esters is 1. The first-order valence-corrected chi connectivity index (χ1v) is 7.76. The third kappa shape index (κ3) is 3.89. The van der Waals surface area contributed by atoms with Crippen LogP contribution in [-0.4, -0.2) is 79.4 Å². The van der Waals surface area contributed by atoms with Crippen LogP contribution < -0.4 is 5.32 Å². The summed E-state index contributed by atoms with van der Waals surface area (Å²) < 4.78 is 10.2. The van der Waals surface area contributed by atoms with Gasteiger partial charge in [0.2, 0.25) is 0 Å². The van der Waals surface area contributed by atoms with Gasteiger partial charge in [-0.3, -0.25) is 9.69 Å². The lowest BCUT2D eigenvalue weighted by atomic mass is 9.84. The number of ether oxygens (including phenoxy) is 2. The number of likely N-dealkylation sites (tertiary alicyclic amines) is 1. The molecule has 1 amide bonds. The van der Waals surface area contributed by atoms with E-state index in [1.165, 1.54) is 7.11 Å². The molecule has 2 aliphatic rings. The summed E-state index contributed by atoms with van der Waals surface area (Å²) in [6.07, 6.45) is -0.00822. The molecule has 2 heterocycles. The van der Waals surface area contributed by atoms with E-state index in [1.54, 1.807) is 4.90 Å². The quantitative estimate of drug-likeness (QED) is 0.763. The Labute approximate surface area is 131 Å². The maximum atomic E-state index is 12.1. The number of rotatable bonds is 3. The molecule has 126 valence electrons. The second-order valence-electron chi connectivity index (χ2n) is 7.05. The summed E-state index contributed by atoms with van der Waals surface area (Å²) >= 11 is 0. The first-order valence-electron chi connectivity index (χ1n) is 7.76. The Bertz CT molecular complexity index is 421. The van der Waals surface area contributed by atoms with Crippen LogP contribution in [0, 0.1) is 0 Å². The number of hydrogen-bond donors (Lipinski definition) is 1. The molecule has 0 aromatic rings. The zero-order valence-corrected chi connectivity index (χ0v) is 14.0. The first-order chi connectivity index (χ1) is 10.3. The predicted octanol–water partition coefficient (Wildman–Crippen LogP) is 0.444. The molecular weight excluding hydrogens is 286 g/mol. The van der Waals surface area contributed by atoms with Gasteiger partial charge < -0.3 is 19.7 Å². The van der Waals surface area contributed by atoms with Crippen LogP contribution >= 0.6 is 0 Å². The zero-order chi connectivity index (χ0) is 16.4. The molecule has 0 aromatic heterocycles. The van der Waals surface area contributed by atoms with E-state index in [1.807, 2.05) is 20.8 Å². The molecule has 0 aromatic carbocycles. The SMILES string of the molecule is COC(=O)CC1(N2CCNCC2)CN(C(=O)OC(C)(C)C)C1. The monoisotopic (exact) mass is 313 g/mol. The minimum Gasteiger partial charge on any atom is -0.469 e.